The highest BCUT2D eigenvalue weighted by atomic mass is 35.5. The van der Waals surface area contributed by atoms with Crippen LogP contribution in [-0.2, 0) is 4.79 Å². The van der Waals surface area contributed by atoms with Crippen LogP contribution in [0.4, 0.5) is 0 Å². The van der Waals surface area contributed by atoms with Crippen LogP contribution in [0.15, 0.2) is 36.4 Å². The van der Waals surface area contributed by atoms with Gasteiger partial charge in [-0.15, -0.1) is 0 Å². The van der Waals surface area contributed by atoms with Crippen LogP contribution in [0.2, 0.25) is 5.02 Å². The summed E-state index contributed by atoms with van der Waals surface area (Å²) in [7, 11) is 4.70. The molecule has 2 aliphatic rings. The first-order valence-electron chi connectivity index (χ1n) is 11.6. The SMILES string of the molecule is COc1cc([C@H]2CN(C(=O)c3ccccc3Cl)C[C@H]2C(=O)N2CCCCC2)cc(OC)c1OC. The first-order valence-corrected chi connectivity index (χ1v) is 12.0. The van der Waals surface area contributed by atoms with Gasteiger partial charge in [0.25, 0.3) is 5.91 Å². The van der Waals surface area contributed by atoms with Gasteiger partial charge >= 0.3 is 0 Å². The van der Waals surface area contributed by atoms with Gasteiger partial charge in [-0.1, -0.05) is 23.7 Å². The largest absolute Gasteiger partial charge is 0.493 e. The Hall–Kier alpha value is -2.93. The van der Waals surface area contributed by atoms with Crippen LogP contribution in [-0.4, -0.2) is 69.1 Å². The van der Waals surface area contributed by atoms with Crippen LogP contribution in [0.25, 0.3) is 0 Å². The maximum absolute atomic E-state index is 13.7. The Morgan fingerprint density at radius 2 is 1.53 bits per heavy atom. The predicted molar refractivity (Wildman–Crippen MR) is 130 cm³/mol. The van der Waals surface area contributed by atoms with Crippen molar-refractivity contribution in [1.29, 1.82) is 0 Å². The molecule has 2 amide bonds. The average Bonchev–Trinajstić information content (AvgIpc) is 3.33. The molecule has 7 nitrogen and oxygen atoms in total. The Morgan fingerprint density at radius 3 is 2.12 bits per heavy atom. The van der Waals surface area contributed by atoms with Crippen molar-refractivity contribution in [3.05, 3.63) is 52.5 Å². The van der Waals surface area contributed by atoms with Crippen molar-refractivity contribution in [2.75, 3.05) is 47.5 Å². The number of nitrogens with zero attached hydrogens (tertiary/aromatic N) is 2. The summed E-state index contributed by atoms with van der Waals surface area (Å²) < 4.78 is 16.6. The van der Waals surface area contributed by atoms with Gasteiger partial charge in [-0.2, -0.15) is 0 Å². The van der Waals surface area contributed by atoms with E-state index in [0.717, 1.165) is 37.9 Å². The zero-order chi connectivity index (χ0) is 24.2. The Balaban J connectivity index is 1.71. The molecule has 0 aromatic heterocycles. The van der Waals surface area contributed by atoms with Crippen molar-refractivity contribution in [2.24, 2.45) is 5.92 Å². The normalized spacial score (nSPS) is 20.2. The van der Waals surface area contributed by atoms with Gasteiger partial charge in [0.15, 0.2) is 11.5 Å². The van der Waals surface area contributed by atoms with E-state index < -0.39 is 0 Å². The lowest BCUT2D eigenvalue weighted by molar-refractivity contribution is -0.136. The van der Waals surface area contributed by atoms with E-state index in [0.29, 0.717) is 40.9 Å². The van der Waals surface area contributed by atoms with Gasteiger partial charge in [0.2, 0.25) is 11.7 Å². The molecule has 0 aliphatic carbocycles. The first kappa shape index (κ1) is 24.2. The minimum absolute atomic E-state index is 0.0907. The summed E-state index contributed by atoms with van der Waals surface area (Å²) in [5, 5.41) is 0.405. The van der Waals surface area contributed by atoms with Crippen LogP contribution in [0.3, 0.4) is 0 Å². The molecule has 34 heavy (non-hydrogen) atoms. The molecular formula is C26H31ClN2O5. The van der Waals surface area contributed by atoms with Gasteiger partial charge < -0.3 is 24.0 Å². The van der Waals surface area contributed by atoms with E-state index in [2.05, 4.69) is 0 Å². The molecule has 0 radical (unpaired) electrons. The highest BCUT2D eigenvalue weighted by molar-refractivity contribution is 6.33. The zero-order valence-electron chi connectivity index (χ0n) is 19.9. The highest BCUT2D eigenvalue weighted by Crippen LogP contribution is 2.44. The first-order chi connectivity index (χ1) is 16.5. The molecule has 0 saturated carbocycles. The molecule has 182 valence electrons. The van der Waals surface area contributed by atoms with E-state index in [9.17, 15) is 9.59 Å². The molecule has 0 N–H and O–H groups in total. The molecule has 2 saturated heterocycles. The van der Waals surface area contributed by atoms with E-state index in [1.54, 1.807) is 50.5 Å². The molecule has 2 atom stereocenters. The molecule has 2 heterocycles. The van der Waals surface area contributed by atoms with Crippen LogP contribution < -0.4 is 14.2 Å². The number of carbonyl (C=O) groups excluding carboxylic acids is 2. The third kappa shape index (κ3) is 4.67. The third-order valence-corrected chi connectivity index (χ3v) is 7.14. The van der Waals surface area contributed by atoms with Crippen molar-refractivity contribution in [2.45, 2.75) is 25.2 Å². The second kappa shape index (κ2) is 10.6. The van der Waals surface area contributed by atoms with E-state index in [1.165, 1.54) is 0 Å². The highest BCUT2D eigenvalue weighted by Gasteiger charge is 2.43. The average molecular weight is 487 g/mol. The summed E-state index contributed by atoms with van der Waals surface area (Å²) in [4.78, 5) is 30.7. The van der Waals surface area contributed by atoms with Crippen LogP contribution in [0, 0.1) is 5.92 Å². The van der Waals surface area contributed by atoms with Gasteiger partial charge in [-0.05, 0) is 49.1 Å². The maximum Gasteiger partial charge on any atom is 0.255 e. The van der Waals surface area contributed by atoms with Crippen LogP contribution >= 0.6 is 11.6 Å². The Labute approximate surface area is 205 Å². The summed E-state index contributed by atoms with van der Waals surface area (Å²) in [5.74, 6) is 0.885. The lowest BCUT2D eigenvalue weighted by atomic mass is 9.87. The number of likely N-dealkylation sites (tertiary alicyclic amines) is 2. The summed E-state index contributed by atoms with van der Waals surface area (Å²) in [5.41, 5.74) is 1.32. The molecule has 2 aromatic rings. The molecule has 2 aromatic carbocycles. The van der Waals surface area contributed by atoms with Crippen LogP contribution in [0.1, 0.15) is 41.1 Å². The minimum Gasteiger partial charge on any atom is -0.493 e. The van der Waals surface area contributed by atoms with Gasteiger partial charge in [0, 0.05) is 32.1 Å². The molecule has 2 aliphatic heterocycles. The lowest BCUT2D eigenvalue weighted by Gasteiger charge is -2.31. The quantitative estimate of drug-likeness (QED) is 0.611. The van der Waals surface area contributed by atoms with Gasteiger partial charge in [-0.3, -0.25) is 9.59 Å². The Kier molecular flexibility index (Phi) is 7.51. The summed E-state index contributed by atoms with van der Waals surface area (Å²) in [6.07, 6.45) is 3.16. The summed E-state index contributed by atoms with van der Waals surface area (Å²) in [6.45, 7) is 2.25. The number of piperidine rings is 1. The number of halogens is 1. The number of ether oxygens (including phenoxy) is 3. The standard InChI is InChI=1S/C26H31ClN2O5/c1-32-22-13-17(14-23(33-2)24(22)34-3)19-15-29(25(30)18-9-5-6-10-21(18)27)16-20(19)26(31)28-11-7-4-8-12-28/h5-6,9-10,13-14,19-20H,4,7-8,11-12,15-16H2,1-3H3/t19-,20-/m1/s1. The summed E-state index contributed by atoms with van der Waals surface area (Å²) >= 11 is 6.31. The van der Waals surface area contributed by atoms with Gasteiger partial charge in [-0.25, -0.2) is 0 Å². The van der Waals surface area contributed by atoms with Crippen molar-refractivity contribution >= 4 is 23.4 Å². The second-order valence-electron chi connectivity index (χ2n) is 8.75. The van der Waals surface area contributed by atoms with E-state index >= 15 is 0 Å². The van der Waals surface area contributed by atoms with Gasteiger partial charge in [0.1, 0.15) is 0 Å². The fraction of sp³-hybridized carbons (Fsp3) is 0.462. The molecule has 0 bridgehead atoms. The predicted octanol–water partition coefficient (Wildman–Crippen LogP) is 4.23. The van der Waals surface area contributed by atoms with E-state index in [-0.39, 0.29) is 23.7 Å². The minimum atomic E-state index is -0.368. The van der Waals surface area contributed by atoms with Gasteiger partial charge in [0.05, 0.1) is 37.8 Å². The Bertz CT molecular complexity index is 1030. The second-order valence-corrected chi connectivity index (χ2v) is 9.15. The number of carbonyl (C=O) groups is 2. The molecule has 0 spiro atoms. The third-order valence-electron chi connectivity index (χ3n) is 6.81. The topological polar surface area (TPSA) is 68.3 Å². The number of methoxy groups -OCH3 is 3. The zero-order valence-corrected chi connectivity index (χ0v) is 20.6. The number of benzene rings is 2. The lowest BCUT2D eigenvalue weighted by Crippen LogP contribution is -2.42. The van der Waals surface area contributed by atoms with Crippen LogP contribution in [0.5, 0.6) is 17.2 Å². The molecular weight excluding hydrogens is 456 g/mol. The fourth-order valence-corrected chi connectivity index (χ4v) is 5.24. The van der Waals surface area contributed by atoms with Crippen molar-refractivity contribution in [3.63, 3.8) is 0 Å². The molecule has 0 unspecified atom stereocenters. The van der Waals surface area contributed by atoms with Crippen molar-refractivity contribution in [3.8, 4) is 17.2 Å². The summed E-state index contributed by atoms with van der Waals surface area (Å²) in [6, 6.07) is 10.8. The monoisotopic (exact) mass is 486 g/mol. The number of amides is 2. The Morgan fingerprint density at radius 1 is 0.882 bits per heavy atom. The van der Waals surface area contributed by atoms with Crippen molar-refractivity contribution in [1.82, 2.24) is 9.80 Å². The number of hydrogen-bond acceptors (Lipinski definition) is 5. The molecule has 8 heteroatoms. The fourth-order valence-electron chi connectivity index (χ4n) is 5.03. The van der Waals surface area contributed by atoms with E-state index in [4.69, 9.17) is 25.8 Å². The van der Waals surface area contributed by atoms with E-state index in [1.807, 2.05) is 17.0 Å². The molecule has 2 fully saturated rings. The number of hydrogen-bond donors (Lipinski definition) is 0. The number of rotatable bonds is 6. The molecule has 4 rings (SSSR count). The van der Waals surface area contributed by atoms with Crippen molar-refractivity contribution < 1.29 is 23.8 Å². The maximum atomic E-state index is 13.7. The smallest absolute Gasteiger partial charge is 0.255 e.